The van der Waals surface area contributed by atoms with Crippen molar-refractivity contribution in [3.8, 4) is 5.69 Å². The molecule has 0 bridgehead atoms. The summed E-state index contributed by atoms with van der Waals surface area (Å²) < 4.78 is 1.89. The van der Waals surface area contributed by atoms with E-state index in [4.69, 9.17) is 4.98 Å². The molecule has 39 heavy (non-hydrogen) atoms. The zero-order valence-electron chi connectivity index (χ0n) is 23.3. The molecule has 2 aromatic heterocycles. The van der Waals surface area contributed by atoms with Gasteiger partial charge in [0.1, 0.15) is 4.88 Å². The zero-order chi connectivity index (χ0) is 28.3. The molecule has 4 rings (SSSR count). The first-order valence-electron chi connectivity index (χ1n) is 13.0. The van der Waals surface area contributed by atoms with Crippen molar-refractivity contribution in [2.75, 3.05) is 10.6 Å². The number of rotatable bonds is 9. The monoisotopic (exact) mass is 544 g/mol. The van der Waals surface area contributed by atoms with Crippen molar-refractivity contribution in [2.45, 2.75) is 60.0 Å². The molecule has 1 atom stereocenters. The van der Waals surface area contributed by atoms with E-state index in [1.54, 1.807) is 12.3 Å². The minimum atomic E-state index is -0.302. The predicted octanol–water partition coefficient (Wildman–Crippen LogP) is 6.51. The summed E-state index contributed by atoms with van der Waals surface area (Å²) >= 11 is 1.38. The summed E-state index contributed by atoms with van der Waals surface area (Å²) in [5.41, 5.74) is 4.17. The van der Waals surface area contributed by atoms with Gasteiger partial charge >= 0.3 is 0 Å². The molecular weight excluding hydrogens is 508 g/mol. The highest BCUT2D eigenvalue weighted by atomic mass is 32.1. The molecule has 2 aromatic carbocycles. The lowest BCUT2D eigenvalue weighted by atomic mass is 9.88. The number of hydrogen-bond donors (Lipinski definition) is 3. The molecule has 4 aromatic rings. The lowest BCUT2D eigenvalue weighted by Crippen LogP contribution is -2.37. The Balaban J connectivity index is 1.73. The van der Waals surface area contributed by atoms with Gasteiger partial charge in [-0.15, -0.1) is 11.3 Å². The average molecular weight is 545 g/mol. The molecule has 3 N–H and O–H groups in total. The van der Waals surface area contributed by atoms with E-state index in [1.165, 1.54) is 17.4 Å². The maximum absolute atomic E-state index is 13.2. The van der Waals surface area contributed by atoms with Crippen LogP contribution in [0.25, 0.3) is 16.7 Å². The van der Waals surface area contributed by atoms with Crippen molar-refractivity contribution in [2.24, 2.45) is 5.41 Å². The quantitative estimate of drug-likeness (QED) is 0.209. The van der Waals surface area contributed by atoms with Gasteiger partial charge in [0, 0.05) is 24.2 Å². The van der Waals surface area contributed by atoms with Crippen LogP contribution in [0, 0.1) is 5.41 Å². The van der Waals surface area contributed by atoms with E-state index in [1.807, 2.05) is 48.7 Å². The number of fused-ring (bicyclic) bond motifs is 1. The Kier molecular flexibility index (Phi) is 8.32. The van der Waals surface area contributed by atoms with Crippen LogP contribution in [-0.2, 0) is 11.3 Å². The fourth-order valence-electron chi connectivity index (χ4n) is 3.90. The highest BCUT2D eigenvalue weighted by Gasteiger charge is 2.21. The second kappa shape index (κ2) is 11.5. The lowest BCUT2D eigenvalue weighted by Gasteiger charge is -2.28. The third-order valence-corrected chi connectivity index (χ3v) is 7.95. The molecule has 0 aliphatic heterocycles. The summed E-state index contributed by atoms with van der Waals surface area (Å²) in [6.45, 7) is 17.1. The minimum Gasteiger partial charge on any atom is -0.322 e. The number of thiazole rings is 1. The molecule has 2 heterocycles. The standard InChI is InChI=1S/C30H36N6O2S/c1-8-26(37)33-21-10-9-11-22(15-21)36-24-13-12-20(16-31-19(4)30(5,6)7)14-23(24)34-29(36)35-27(38)25-17-32-28(39-25)18(2)3/h8-15,17-19,31H,1,16H2,2-7H3,(H,33,37)(H,34,35,38)/t19-/m0/s1. The molecule has 0 saturated heterocycles. The largest absolute Gasteiger partial charge is 0.322 e. The third kappa shape index (κ3) is 6.61. The second-order valence-corrected chi connectivity index (χ2v) is 12.0. The van der Waals surface area contributed by atoms with Crippen molar-refractivity contribution in [3.05, 3.63) is 76.8 Å². The van der Waals surface area contributed by atoms with E-state index >= 15 is 0 Å². The first kappa shape index (κ1) is 28.2. The maximum Gasteiger partial charge on any atom is 0.269 e. The summed E-state index contributed by atoms with van der Waals surface area (Å²) in [6, 6.07) is 13.8. The van der Waals surface area contributed by atoms with Crippen LogP contribution in [0.15, 0.2) is 61.3 Å². The summed E-state index contributed by atoms with van der Waals surface area (Å²) in [4.78, 5) is 34.9. The topological polar surface area (TPSA) is 101 Å². The minimum absolute atomic E-state index is 0.140. The van der Waals surface area contributed by atoms with Crippen molar-refractivity contribution in [1.82, 2.24) is 19.9 Å². The van der Waals surface area contributed by atoms with Crippen LogP contribution < -0.4 is 16.0 Å². The molecule has 0 aliphatic carbocycles. The summed E-state index contributed by atoms with van der Waals surface area (Å²) in [6.07, 6.45) is 2.83. The Labute approximate surface area is 233 Å². The molecule has 0 radical (unpaired) electrons. The van der Waals surface area contributed by atoms with E-state index in [9.17, 15) is 9.59 Å². The number of hydrogen-bond acceptors (Lipinski definition) is 6. The van der Waals surface area contributed by atoms with Crippen molar-refractivity contribution in [1.29, 1.82) is 0 Å². The highest BCUT2D eigenvalue weighted by molar-refractivity contribution is 7.13. The molecule has 0 unspecified atom stereocenters. The van der Waals surface area contributed by atoms with Gasteiger partial charge in [0.15, 0.2) is 0 Å². The van der Waals surface area contributed by atoms with Crippen LogP contribution in [0.2, 0.25) is 0 Å². The fourth-order valence-corrected chi connectivity index (χ4v) is 4.71. The van der Waals surface area contributed by atoms with Gasteiger partial charge in [0.05, 0.1) is 27.9 Å². The molecule has 2 amide bonds. The Morgan fingerprint density at radius 2 is 1.87 bits per heavy atom. The molecule has 8 nitrogen and oxygen atoms in total. The SMILES string of the molecule is C=CC(=O)Nc1cccc(-n2c(NC(=O)c3cnc(C(C)C)s3)nc3cc(CN[C@@H](C)C(C)(C)C)ccc32)c1. The van der Waals surface area contributed by atoms with E-state index < -0.39 is 0 Å². The Morgan fingerprint density at radius 3 is 2.54 bits per heavy atom. The van der Waals surface area contributed by atoms with Gasteiger partial charge in [0.2, 0.25) is 11.9 Å². The number of carbonyl (C=O) groups is 2. The van der Waals surface area contributed by atoms with Gasteiger partial charge in [-0.25, -0.2) is 9.97 Å². The summed E-state index contributed by atoms with van der Waals surface area (Å²) in [5.74, 6) is 0.0504. The smallest absolute Gasteiger partial charge is 0.269 e. The number of carbonyl (C=O) groups excluding carboxylic acids is 2. The highest BCUT2D eigenvalue weighted by Crippen LogP contribution is 2.29. The average Bonchev–Trinajstić information content (AvgIpc) is 3.52. The number of nitrogens with zero attached hydrogens (tertiary/aromatic N) is 3. The second-order valence-electron chi connectivity index (χ2n) is 11.0. The summed E-state index contributed by atoms with van der Waals surface area (Å²) in [5, 5.41) is 10.3. The first-order chi connectivity index (χ1) is 18.5. The van der Waals surface area contributed by atoms with Crippen LogP contribution >= 0.6 is 11.3 Å². The van der Waals surface area contributed by atoms with E-state index in [0.29, 0.717) is 29.1 Å². The fraction of sp³-hybridized carbons (Fsp3) is 0.333. The molecular formula is C30H36N6O2S. The maximum atomic E-state index is 13.2. The van der Waals surface area contributed by atoms with Gasteiger partial charge in [-0.2, -0.15) is 0 Å². The predicted molar refractivity (Wildman–Crippen MR) is 160 cm³/mol. The van der Waals surface area contributed by atoms with E-state index in [-0.39, 0.29) is 23.1 Å². The van der Waals surface area contributed by atoms with Crippen LogP contribution in [0.4, 0.5) is 11.6 Å². The number of imidazole rings is 1. The van der Waals surface area contributed by atoms with Crippen LogP contribution in [-0.4, -0.2) is 32.4 Å². The number of amides is 2. The van der Waals surface area contributed by atoms with Gasteiger partial charge in [-0.05, 0) is 54.3 Å². The number of nitrogens with one attached hydrogen (secondary N) is 3. The van der Waals surface area contributed by atoms with Crippen molar-refractivity contribution < 1.29 is 9.59 Å². The number of aromatic nitrogens is 3. The van der Waals surface area contributed by atoms with Gasteiger partial charge in [0.25, 0.3) is 5.91 Å². The normalized spacial score (nSPS) is 12.5. The molecule has 0 saturated carbocycles. The Hall–Kier alpha value is -3.82. The van der Waals surface area contributed by atoms with Crippen LogP contribution in [0.5, 0.6) is 0 Å². The molecule has 0 spiro atoms. The number of benzene rings is 2. The number of anilines is 2. The van der Waals surface area contributed by atoms with E-state index in [2.05, 4.69) is 61.3 Å². The lowest BCUT2D eigenvalue weighted by molar-refractivity contribution is -0.111. The Bertz CT molecular complexity index is 1510. The molecule has 9 heteroatoms. The Morgan fingerprint density at radius 1 is 1.10 bits per heavy atom. The van der Waals surface area contributed by atoms with Crippen LogP contribution in [0.1, 0.15) is 67.7 Å². The molecule has 0 fully saturated rings. The zero-order valence-corrected chi connectivity index (χ0v) is 24.1. The van der Waals surface area contributed by atoms with Crippen molar-refractivity contribution in [3.63, 3.8) is 0 Å². The molecule has 204 valence electrons. The van der Waals surface area contributed by atoms with Crippen molar-refractivity contribution >= 4 is 45.8 Å². The van der Waals surface area contributed by atoms with Gasteiger partial charge in [-0.1, -0.05) is 53.3 Å². The van der Waals surface area contributed by atoms with E-state index in [0.717, 1.165) is 27.3 Å². The van der Waals surface area contributed by atoms with Crippen LogP contribution in [0.3, 0.4) is 0 Å². The van der Waals surface area contributed by atoms with Gasteiger partial charge < -0.3 is 10.6 Å². The van der Waals surface area contributed by atoms with Gasteiger partial charge in [-0.3, -0.25) is 19.5 Å². The third-order valence-electron chi connectivity index (χ3n) is 6.65. The first-order valence-corrected chi connectivity index (χ1v) is 13.8. The molecule has 0 aliphatic rings. The summed E-state index contributed by atoms with van der Waals surface area (Å²) in [7, 11) is 0.